The maximum absolute atomic E-state index is 12.3. The van der Waals surface area contributed by atoms with Gasteiger partial charge in [0.05, 0.1) is 16.6 Å². The number of phenolic OH excluding ortho intramolecular Hbond substituents is 1. The normalized spacial score (nSPS) is 11.0. The van der Waals surface area contributed by atoms with Gasteiger partial charge in [-0.2, -0.15) is 0 Å². The van der Waals surface area contributed by atoms with Gasteiger partial charge in [-0.15, -0.1) is 0 Å². The lowest BCUT2D eigenvalue weighted by atomic mass is 10.2. The van der Waals surface area contributed by atoms with Gasteiger partial charge in [0, 0.05) is 11.5 Å². The number of thioether (sulfide) groups is 1. The zero-order chi connectivity index (χ0) is 15.0. The first-order chi connectivity index (χ1) is 10.1. The summed E-state index contributed by atoms with van der Waals surface area (Å²) in [6.07, 6.45) is 0. The van der Waals surface area contributed by atoms with Gasteiger partial charge in [0.1, 0.15) is 5.75 Å². The standard InChI is InChI=1S/C15H11BrN2O2S/c1-18-12-5-3-2-4-11(12)17-15(18)21-14(20)10-8-9(16)6-7-13(10)19/h2-8,19H,1H3. The maximum atomic E-state index is 12.3. The van der Waals surface area contributed by atoms with Crippen molar-refractivity contribution in [1.82, 2.24) is 9.55 Å². The van der Waals surface area contributed by atoms with E-state index in [4.69, 9.17) is 0 Å². The van der Waals surface area contributed by atoms with Crippen LogP contribution in [0.4, 0.5) is 0 Å². The van der Waals surface area contributed by atoms with E-state index in [9.17, 15) is 9.90 Å². The summed E-state index contributed by atoms with van der Waals surface area (Å²) in [7, 11) is 1.87. The molecule has 0 saturated heterocycles. The van der Waals surface area contributed by atoms with Crippen molar-refractivity contribution in [2.75, 3.05) is 0 Å². The molecule has 0 aliphatic heterocycles. The van der Waals surface area contributed by atoms with E-state index in [-0.39, 0.29) is 16.4 Å². The van der Waals surface area contributed by atoms with Crippen LogP contribution in [0.1, 0.15) is 10.4 Å². The third-order valence-electron chi connectivity index (χ3n) is 3.11. The molecule has 1 aromatic heterocycles. The monoisotopic (exact) mass is 362 g/mol. The Morgan fingerprint density at radius 3 is 2.81 bits per heavy atom. The number of aryl methyl sites for hydroxylation is 1. The highest BCUT2D eigenvalue weighted by atomic mass is 79.9. The van der Waals surface area contributed by atoms with E-state index < -0.39 is 0 Å². The number of imidazole rings is 1. The van der Waals surface area contributed by atoms with Crippen molar-refractivity contribution >= 4 is 43.8 Å². The fourth-order valence-electron chi connectivity index (χ4n) is 2.02. The molecular weight excluding hydrogens is 352 g/mol. The first-order valence-electron chi connectivity index (χ1n) is 6.18. The van der Waals surface area contributed by atoms with Gasteiger partial charge in [0.25, 0.3) is 0 Å². The molecule has 0 amide bonds. The molecule has 0 atom stereocenters. The second-order valence-electron chi connectivity index (χ2n) is 4.49. The Labute approximate surface area is 133 Å². The molecule has 0 radical (unpaired) electrons. The van der Waals surface area contributed by atoms with Crippen LogP contribution in [0.15, 0.2) is 52.1 Å². The van der Waals surface area contributed by atoms with Gasteiger partial charge in [-0.3, -0.25) is 4.79 Å². The van der Waals surface area contributed by atoms with E-state index in [1.54, 1.807) is 12.1 Å². The predicted octanol–water partition coefficient (Wildman–Crippen LogP) is 3.97. The van der Waals surface area contributed by atoms with Crippen molar-refractivity contribution in [3.63, 3.8) is 0 Å². The fraction of sp³-hybridized carbons (Fsp3) is 0.0667. The average Bonchev–Trinajstić information content (AvgIpc) is 2.78. The second kappa shape index (κ2) is 5.54. The summed E-state index contributed by atoms with van der Waals surface area (Å²) in [5, 5.41) is 10.2. The van der Waals surface area contributed by atoms with Crippen molar-refractivity contribution in [2.45, 2.75) is 5.16 Å². The average molecular weight is 363 g/mol. The zero-order valence-corrected chi connectivity index (χ0v) is 13.5. The Morgan fingerprint density at radius 2 is 2.05 bits per heavy atom. The minimum atomic E-state index is -0.243. The number of rotatable bonds is 2. The van der Waals surface area contributed by atoms with Crippen LogP contribution in [-0.4, -0.2) is 19.8 Å². The van der Waals surface area contributed by atoms with Crippen molar-refractivity contribution < 1.29 is 9.90 Å². The Bertz CT molecular complexity index is 845. The van der Waals surface area contributed by atoms with Crippen LogP contribution < -0.4 is 0 Å². The van der Waals surface area contributed by atoms with Crippen LogP contribution in [0.5, 0.6) is 5.75 Å². The van der Waals surface area contributed by atoms with Crippen molar-refractivity contribution in [3.8, 4) is 5.75 Å². The van der Waals surface area contributed by atoms with Crippen LogP contribution in [0.25, 0.3) is 11.0 Å². The van der Waals surface area contributed by atoms with Crippen LogP contribution in [-0.2, 0) is 7.05 Å². The van der Waals surface area contributed by atoms with Gasteiger partial charge in [-0.05, 0) is 42.1 Å². The van der Waals surface area contributed by atoms with E-state index in [1.165, 1.54) is 6.07 Å². The van der Waals surface area contributed by atoms with Gasteiger partial charge in [-0.1, -0.05) is 28.1 Å². The fourth-order valence-corrected chi connectivity index (χ4v) is 3.20. The Balaban J connectivity index is 1.96. The number of para-hydroxylation sites is 2. The van der Waals surface area contributed by atoms with E-state index in [0.717, 1.165) is 27.3 Å². The molecule has 3 aromatic rings. The lowest BCUT2D eigenvalue weighted by Gasteiger charge is -2.04. The number of fused-ring (bicyclic) bond motifs is 1. The van der Waals surface area contributed by atoms with Crippen LogP contribution in [0.2, 0.25) is 0 Å². The molecule has 21 heavy (non-hydrogen) atoms. The summed E-state index contributed by atoms with van der Waals surface area (Å²) in [5.74, 6) is -0.0329. The smallest absolute Gasteiger partial charge is 0.230 e. The third-order valence-corrected chi connectivity index (χ3v) is 4.55. The molecule has 0 aliphatic carbocycles. The van der Waals surface area contributed by atoms with Crippen molar-refractivity contribution in [2.24, 2.45) is 7.05 Å². The quantitative estimate of drug-likeness (QED) is 0.700. The first-order valence-corrected chi connectivity index (χ1v) is 7.79. The molecule has 106 valence electrons. The van der Waals surface area contributed by atoms with E-state index in [0.29, 0.717) is 5.16 Å². The number of aromatic nitrogens is 2. The van der Waals surface area contributed by atoms with E-state index in [1.807, 2.05) is 35.9 Å². The number of nitrogens with zero attached hydrogens (tertiary/aromatic N) is 2. The molecule has 1 heterocycles. The molecule has 0 spiro atoms. The van der Waals surface area contributed by atoms with Crippen LogP contribution in [0.3, 0.4) is 0 Å². The summed E-state index contributed by atoms with van der Waals surface area (Å²) in [4.78, 5) is 16.8. The molecule has 0 fully saturated rings. The summed E-state index contributed by atoms with van der Waals surface area (Å²) < 4.78 is 2.61. The first kappa shape index (κ1) is 14.2. The number of phenols is 1. The predicted molar refractivity (Wildman–Crippen MR) is 86.7 cm³/mol. The summed E-state index contributed by atoms with van der Waals surface area (Å²) in [5.41, 5.74) is 2.07. The Kier molecular flexibility index (Phi) is 3.73. The molecule has 3 rings (SSSR count). The Morgan fingerprint density at radius 1 is 1.29 bits per heavy atom. The van der Waals surface area contributed by atoms with E-state index >= 15 is 0 Å². The van der Waals surface area contributed by atoms with E-state index in [2.05, 4.69) is 20.9 Å². The highest BCUT2D eigenvalue weighted by Crippen LogP contribution is 2.30. The molecule has 1 N–H and O–H groups in total. The van der Waals surface area contributed by atoms with Crippen molar-refractivity contribution in [1.29, 1.82) is 0 Å². The third kappa shape index (κ3) is 2.69. The summed E-state index contributed by atoms with van der Waals surface area (Å²) >= 11 is 4.30. The summed E-state index contributed by atoms with van der Waals surface area (Å²) in [6, 6.07) is 12.5. The molecule has 0 unspecified atom stereocenters. The Hall–Kier alpha value is -1.79. The summed E-state index contributed by atoms with van der Waals surface area (Å²) in [6.45, 7) is 0. The van der Waals surface area contributed by atoms with Gasteiger partial charge >= 0.3 is 0 Å². The zero-order valence-electron chi connectivity index (χ0n) is 11.1. The maximum Gasteiger partial charge on any atom is 0.230 e. The van der Waals surface area contributed by atoms with Gasteiger partial charge in [-0.25, -0.2) is 4.98 Å². The molecule has 0 saturated carbocycles. The van der Waals surface area contributed by atoms with Crippen molar-refractivity contribution in [3.05, 3.63) is 52.5 Å². The number of hydrogen-bond acceptors (Lipinski definition) is 4. The lowest BCUT2D eigenvalue weighted by molar-refractivity contribution is 0.108. The molecule has 0 bridgehead atoms. The van der Waals surface area contributed by atoms with Crippen LogP contribution in [0, 0.1) is 0 Å². The van der Waals surface area contributed by atoms with Gasteiger partial charge in [0.15, 0.2) is 5.16 Å². The lowest BCUT2D eigenvalue weighted by Crippen LogP contribution is -1.98. The molecule has 6 heteroatoms. The number of hydrogen-bond donors (Lipinski definition) is 1. The van der Waals surface area contributed by atoms with Crippen LogP contribution >= 0.6 is 27.7 Å². The number of halogens is 1. The number of benzene rings is 2. The molecular formula is C15H11BrN2O2S. The molecule has 0 aliphatic rings. The minimum Gasteiger partial charge on any atom is -0.507 e. The van der Waals surface area contributed by atoms with Gasteiger partial charge < -0.3 is 9.67 Å². The largest absolute Gasteiger partial charge is 0.507 e. The highest BCUT2D eigenvalue weighted by Gasteiger charge is 2.17. The minimum absolute atomic E-state index is 0.0329. The second-order valence-corrected chi connectivity index (χ2v) is 6.35. The molecule has 2 aromatic carbocycles. The SMILES string of the molecule is Cn1c(SC(=O)c2cc(Br)ccc2O)nc2ccccc21. The molecule has 4 nitrogen and oxygen atoms in total. The highest BCUT2D eigenvalue weighted by molar-refractivity contribution is 9.10. The number of carbonyl (C=O) groups excluding carboxylic acids is 1. The topological polar surface area (TPSA) is 55.1 Å². The number of carbonyl (C=O) groups is 1. The number of aromatic hydroxyl groups is 1. The van der Waals surface area contributed by atoms with Gasteiger partial charge in [0.2, 0.25) is 5.12 Å².